The topological polar surface area (TPSA) is 23.8 Å². The smallest absolute Gasteiger partial charge is 0.125 e. The monoisotopic (exact) mass is 147 g/mol. The van der Waals surface area contributed by atoms with Crippen molar-refractivity contribution >= 4 is 19.9 Å². The molecule has 0 N–H and O–H groups in total. The lowest BCUT2D eigenvalue weighted by Gasteiger charge is -1.87. The molecule has 0 rings (SSSR count). The van der Waals surface area contributed by atoms with Crippen LogP contribution in [0.1, 0.15) is 19.3 Å². The van der Waals surface area contributed by atoms with Crippen LogP contribution in [0.5, 0.6) is 0 Å². The maximum atomic E-state index is 8.09. The Morgan fingerprint density at radius 2 is 2.25 bits per heavy atom. The van der Waals surface area contributed by atoms with Crippen LogP contribution in [-0.4, -0.2) is 8.83 Å². The summed E-state index contributed by atoms with van der Waals surface area (Å²) in [6.45, 7) is 0. The molecule has 0 spiro atoms. The van der Waals surface area contributed by atoms with Crippen LogP contribution in [0.2, 0.25) is 6.04 Å². The molecule has 0 aromatic rings. The van der Waals surface area contributed by atoms with Gasteiger partial charge in [-0.3, -0.25) is 0 Å². The maximum absolute atomic E-state index is 8.09. The van der Waals surface area contributed by atoms with E-state index in [0.717, 1.165) is 12.8 Å². The summed E-state index contributed by atoms with van der Waals surface area (Å²) < 4.78 is 0. The highest BCUT2D eigenvalue weighted by atomic mass is 35.6. The van der Waals surface area contributed by atoms with Gasteiger partial charge in [-0.1, -0.05) is 6.42 Å². The van der Waals surface area contributed by atoms with E-state index < -0.39 is 0 Å². The second kappa shape index (κ2) is 7.00. The van der Waals surface area contributed by atoms with Gasteiger partial charge >= 0.3 is 0 Å². The van der Waals surface area contributed by atoms with E-state index in [1.165, 1.54) is 6.04 Å². The Morgan fingerprint density at radius 3 is 2.75 bits per heavy atom. The van der Waals surface area contributed by atoms with E-state index in [0.29, 0.717) is 6.42 Å². The average Bonchev–Trinajstić information content (AvgIpc) is 1.81. The Hall–Kier alpha value is -0.00312. The van der Waals surface area contributed by atoms with Crippen LogP contribution in [0.3, 0.4) is 0 Å². The second-order valence-electron chi connectivity index (χ2n) is 1.66. The summed E-state index contributed by atoms with van der Waals surface area (Å²) in [5.74, 6) is 0. The first-order valence-corrected chi connectivity index (χ1v) is 5.98. The van der Waals surface area contributed by atoms with Gasteiger partial charge in [0.05, 0.1) is 6.07 Å². The van der Waals surface area contributed by atoms with E-state index in [-0.39, 0.29) is 8.83 Å². The van der Waals surface area contributed by atoms with Crippen LogP contribution in [0.25, 0.3) is 0 Å². The van der Waals surface area contributed by atoms with Crippen LogP contribution in [-0.2, 0) is 0 Å². The molecule has 0 heterocycles. The normalized spacial score (nSPS) is 10.0. The lowest BCUT2D eigenvalue weighted by Crippen LogP contribution is -1.77. The Bertz CT molecular complexity index is 79.0. The summed E-state index contributed by atoms with van der Waals surface area (Å²) >= 11 is 5.54. The zero-order chi connectivity index (χ0) is 6.24. The molecular formula is C5H10ClNSi. The van der Waals surface area contributed by atoms with Crippen molar-refractivity contribution in [3.8, 4) is 6.07 Å². The number of nitrogens with zero attached hydrogens (tertiary/aromatic N) is 1. The van der Waals surface area contributed by atoms with Crippen molar-refractivity contribution < 1.29 is 0 Å². The van der Waals surface area contributed by atoms with E-state index in [1.807, 2.05) is 0 Å². The van der Waals surface area contributed by atoms with Crippen LogP contribution < -0.4 is 0 Å². The third-order valence-electron chi connectivity index (χ3n) is 0.922. The van der Waals surface area contributed by atoms with Gasteiger partial charge in [-0.2, -0.15) is 16.3 Å². The van der Waals surface area contributed by atoms with E-state index in [9.17, 15) is 0 Å². The first-order chi connectivity index (χ1) is 3.91. The van der Waals surface area contributed by atoms with Gasteiger partial charge < -0.3 is 0 Å². The number of nitriles is 1. The highest BCUT2D eigenvalue weighted by Crippen LogP contribution is 1.98. The molecule has 3 heteroatoms. The van der Waals surface area contributed by atoms with Gasteiger partial charge in [0.1, 0.15) is 8.83 Å². The highest BCUT2D eigenvalue weighted by molar-refractivity contribution is 6.93. The summed E-state index contributed by atoms with van der Waals surface area (Å²) in [6, 6.07) is 3.28. The first-order valence-electron chi connectivity index (χ1n) is 2.84. The molecule has 0 aliphatic heterocycles. The molecule has 0 aromatic carbocycles. The third kappa shape index (κ3) is 6.00. The average molecular weight is 148 g/mol. The fourth-order valence-corrected chi connectivity index (χ4v) is 1.58. The number of hydrogen-bond acceptors (Lipinski definition) is 1. The molecule has 0 aliphatic carbocycles. The van der Waals surface area contributed by atoms with Gasteiger partial charge in [-0.05, 0) is 12.5 Å². The predicted molar refractivity (Wildman–Crippen MR) is 38.7 cm³/mol. The van der Waals surface area contributed by atoms with E-state index >= 15 is 0 Å². The molecule has 0 saturated heterocycles. The van der Waals surface area contributed by atoms with Crippen molar-refractivity contribution in [3.05, 3.63) is 0 Å². The molecule has 0 fully saturated rings. The van der Waals surface area contributed by atoms with Gasteiger partial charge in [0, 0.05) is 6.42 Å². The van der Waals surface area contributed by atoms with Crippen molar-refractivity contribution in [1.29, 1.82) is 5.26 Å². The summed E-state index contributed by atoms with van der Waals surface area (Å²) in [5.41, 5.74) is 0. The second-order valence-corrected chi connectivity index (χ2v) is 3.88. The van der Waals surface area contributed by atoms with Crippen molar-refractivity contribution in [3.63, 3.8) is 0 Å². The fraction of sp³-hybridized carbons (Fsp3) is 0.800. The largest absolute Gasteiger partial charge is 0.198 e. The molecule has 46 valence electrons. The molecule has 0 bridgehead atoms. The van der Waals surface area contributed by atoms with Gasteiger partial charge in [0.25, 0.3) is 0 Å². The van der Waals surface area contributed by atoms with Crippen LogP contribution in [0, 0.1) is 11.3 Å². The Balaban J connectivity index is 2.65. The molecule has 0 aliphatic rings. The van der Waals surface area contributed by atoms with Gasteiger partial charge in [-0.25, -0.2) is 0 Å². The fourth-order valence-electron chi connectivity index (χ4n) is 0.475. The maximum Gasteiger partial charge on any atom is 0.125 e. The van der Waals surface area contributed by atoms with Gasteiger partial charge in [-0.15, -0.1) is 0 Å². The molecule has 0 radical (unpaired) electrons. The van der Waals surface area contributed by atoms with Gasteiger partial charge in [0.2, 0.25) is 0 Å². The van der Waals surface area contributed by atoms with Gasteiger partial charge in [0.15, 0.2) is 0 Å². The van der Waals surface area contributed by atoms with Crippen LogP contribution in [0.4, 0.5) is 0 Å². The number of hydrogen-bond donors (Lipinski definition) is 0. The minimum atomic E-state index is -0.251. The number of rotatable bonds is 4. The number of unbranched alkanes of at least 4 members (excludes halogenated alkanes) is 2. The van der Waals surface area contributed by atoms with Crippen molar-refractivity contribution in [1.82, 2.24) is 0 Å². The third-order valence-corrected chi connectivity index (χ3v) is 2.49. The Labute approximate surface area is 57.2 Å². The standard InChI is InChI=1S/C5H10ClNSi/c6-8-5-3-1-2-4-7/h1-3,5,8H2. The van der Waals surface area contributed by atoms with Crippen molar-refractivity contribution in [2.75, 3.05) is 0 Å². The minimum absolute atomic E-state index is 0.251. The Kier molecular flexibility index (Phi) is 6.99. The summed E-state index contributed by atoms with van der Waals surface area (Å²) in [6.07, 6.45) is 2.89. The predicted octanol–water partition coefficient (Wildman–Crippen LogP) is 1.42. The lowest BCUT2D eigenvalue weighted by atomic mass is 10.3. The SMILES string of the molecule is N#CCCCC[SiH2]Cl. The Morgan fingerprint density at radius 1 is 1.50 bits per heavy atom. The van der Waals surface area contributed by atoms with Crippen LogP contribution in [0.15, 0.2) is 0 Å². The molecule has 0 saturated carbocycles. The first kappa shape index (κ1) is 8.00. The zero-order valence-corrected chi connectivity index (χ0v) is 7.03. The quantitative estimate of drug-likeness (QED) is 0.335. The van der Waals surface area contributed by atoms with Crippen LogP contribution >= 0.6 is 11.1 Å². The van der Waals surface area contributed by atoms with Crippen molar-refractivity contribution in [2.24, 2.45) is 0 Å². The molecule has 0 aromatic heterocycles. The summed E-state index contributed by atoms with van der Waals surface area (Å²) in [7, 11) is -0.251. The lowest BCUT2D eigenvalue weighted by molar-refractivity contribution is 0.819. The molecule has 0 amide bonds. The molecule has 0 atom stereocenters. The zero-order valence-electron chi connectivity index (χ0n) is 4.86. The summed E-state index contributed by atoms with van der Waals surface area (Å²) in [5, 5.41) is 8.09. The molecule has 1 nitrogen and oxygen atoms in total. The van der Waals surface area contributed by atoms with E-state index in [2.05, 4.69) is 6.07 Å². The molecular weight excluding hydrogens is 138 g/mol. The van der Waals surface area contributed by atoms with Crippen molar-refractivity contribution in [2.45, 2.75) is 25.3 Å². The highest BCUT2D eigenvalue weighted by Gasteiger charge is 1.85. The molecule has 8 heavy (non-hydrogen) atoms. The molecule has 0 unspecified atom stereocenters. The summed E-state index contributed by atoms with van der Waals surface area (Å²) in [4.78, 5) is 0. The van der Waals surface area contributed by atoms with E-state index in [1.54, 1.807) is 0 Å². The number of halogens is 1. The minimum Gasteiger partial charge on any atom is -0.198 e. The van der Waals surface area contributed by atoms with E-state index in [4.69, 9.17) is 16.3 Å².